The van der Waals surface area contributed by atoms with Gasteiger partial charge in [-0.1, -0.05) is 12.2 Å². The van der Waals surface area contributed by atoms with Gasteiger partial charge in [-0.05, 0) is 13.3 Å². The predicted octanol–water partition coefficient (Wildman–Crippen LogP) is 1.90. The van der Waals surface area contributed by atoms with Crippen molar-refractivity contribution in [2.75, 3.05) is 13.2 Å². The number of hydrogen-bond donors (Lipinski definition) is 1. The molecule has 0 saturated carbocycles. The molecule has 1 saturated heterocycles. The third kappa shape index (κ3) is 4.70. The largest absolute Gasteiger partial charge is 0.379 e. The van der Waals surface area contributed by atoms with E-state index < -0.39 is 0 Å². The number of amides is 1. The van der Waals surface area contributed by atoms with Crippen molar-refractivity contribution >= 4 is 17.2 Å². The standard InChI is InChI=1S/C14H20N2O3S/c1-2-3-4-14(17)16-12-8-18-6-5-13(12)19-7-11-9-20-10-15-11/h2-3,9-10,12-13H,4-8H2,1H3,(H,16,17)/b3-2+/t12-,13+/m1/s1. The zero-order chi connectivity index (χ0) is 14.2. The third-order valence-electron chi connectivity index (χ3n) is 3.11. The summed E-state index contributed by atoms with van der Waals surface area (Å²) in [4.78, 5) is 16.0. The first-order valence-corrected chi connectivity index (χ1v) is 7.71. The molecule has 2 heterocycles. The minimum Gasteiger partial charge on any atom is -0.379 e. The van der Waals surface area contributed by atoms with Crippen molar-refractivity contribution in [3.63, 3.8) is 0 Å². The molecule has 0 bridgehead atoms. The van der Waals surface area contributed by atoms with Crippen molar-refractivity contribution in [2.45, 2.75) is 38.5 Å². The lowest BCUT2D eigenvalue weighted by atomic mass is 10.1. The summed E-state index contributed by atoms with van der Waals surface area (Å²) in [6, 6.07) is -0.0832. The van der Waals surface area contributed by atoms with E-state index in [1.165, 1.54) is 0 Å². The highest BCUT2D eigenvalue weighted by Crippen LogP contribution is 2.14. The summed E-state index contributed by atoms with van der Waals surface area (Å²) in [7, 11) is 0. The SMILES string of the molecule is C/C=C/CC(=O)N[C@@H]1COCC[C@@H]1OCc1cscn1. The first-order chi connectivity index (χ1) is 9.79. The molecule has 20 heavy (non-hydrogen) atoms. The Balaban J connectivity index is 1.83. The van der Waals surface area contributed by atoms with Crippen molar-refractivity contribution < 1.29 is 14.3 Å². The van der Waals surface area contributed by atoms with Crippen molar-refractivity contribution in [3.05, 3.63) is 28.7 Å². The van der Waals surface area contributed by atoms with E-state index in [1.54, 1.807) is 16.8 Å². The average Bonchev–Trinajstić information content (AvgIpc) is 2.97. The number of thiazole rings is 1. The van der Waals surface area contributed by atoms with Crippen molar-refractivity contribution in [2.24, 2.45) is 0 Å². The van der Waals surface area contributed by atoms with Crippen LogP contribution in [0.25, 0.3) is 0 Å². The molecular formula is C14H20N2O3S. The Hall–Kier alpha value is -1.24. The second-order valence-electron chi connectivity index (χ2n) is 4.64. The Kier molecular flexibility index (Phi) is 6.17. The highest BCUT2D eigenvalue weighted by atomic mass is 32.1. The molecule has 2 rings (SSSR count). The summed E-state index contributed by atoms with van der Waals surface area (Å²) in [6.07, 6.45) is 4.88. The molecule has 1 N–H and O–H groups in total. The van der Waals surface area contributed by atoms with Crippen LogP contribution in [0.2, 0.25) is 0 Å². The highest BCUT2D eigenvalue weighted by molar-refractivity contribution is 7.07. The monoisotopic (exact) mass is 296 g/mol. The van der Waals surface area contributed by atoms with Gasteiger partial charge in [0.05, 0.1) is 36.6 Å². The van der Waals surface area contributed by atoms with Crippen molar-refractivity contribution in [1.82, 2.24) is 10.3 Å². The van der Waals surface area contributed by atoms with Gasteiger partial charge in [-0.15, -0.1) is 11.3 Å². The second-order valence-corrected chi connectivity index (χ2v) is 5.36. The van der Waals surface area contributed by atoms with Gasteiger partial charge < -0.3 is 14.8 Å². The van der Waals surface area contributed by atoms with Gasteiger partial charge in [0.15, 0.2) is 0 Å². The molecule has 5 nitrogen and oxygen atoms in total. The molecule has 110 valence electrons. The van der Waals surface area contributed by atoms with Crippen LogP contribution in [0.3, 0.4) is 0 Å². The molecule has 1 aliphatic rings. The summed E-state index contributed by atoms with van der Waals surface area (Å²) >= 11 is 1.55. The Labute approximate surface area is 123 Å². The quantitative estimate of drug-likeness (QED) is 0.815. The van der Waals surface area contributed by atoms with E-state index in [9.17, 15) is 4.79 Å². The number of nitrogens with zero attached hydrogens (tertiary/aromatic N) is 1. The molecule has 1 amide bonds. The van der Waals surface area contributed by atoms with Gasteiger partial charge in [0.1, 0.15) is 0 Å². The molecule has 1 aromatic heterocycles. The van der Waals surface area contributed by atoms with E-state index in [1.807, 2.05) is 24.5 Å². The van der Waals surface area contributed by atoms with Crippen LogP contribution in [0.5, 0.6) is 0 Å². The molecule has 1 aromatic rings. The summed E-state index contributed by atoms with van der Waals surface area (Å²) in [6.45, 7) is 3.55. The average molecular weight is 296 g/mol. The lowest BCUT2D eigenvalue weighted by Crippen LogP contribution is -2.50. The number of nitrogens with one attached hydrogen (secondary N) is 1. The molecule has 0 aromatic carbocycles. The summed E-state index contributed by atoms with van der Waals surface area (Å²) in [5.74, 6) is 0.000795. The Morgan fingerprint density at radius 1 is 1.70 bits per heavy atom. The fourth-order valence-electron chi connectivity index (χ4n) is 2.04. The van der Waals surface area contributed by atoms with Gasteiger partial charge in [0.25, 0.3) is 0 Å². The number of rotatable bonds is 6. The van der Waals surface area contributed by atoms with Crippen LogP contribution in [0.15, 0.2) is 23.0 Å². The van der Waals surface area contributed by atoms with Crippen LogP contribution in [0, 0.1) is 0 Å². The number of aromatic nitrogens is 1. The van der Waals surface area contributed by atoms with Gasteiger partial charge in [0.2, 0.25) is 5.91 Å². The zero-order valence-electron chi connectivity index (χ0n) is 11.6. The zero-order valence-corrected chi connectivity index (χ0v) is 12.4. The Morgan fingerprint density at radius 3 is 3.35 bits per heavy atom. The number of ether oxygens (including phenoxy) is 2. The molecular weight excluding hydrogens is 276 g/mol. The van der Waals surface area contributed by atoms with E-state index in [2.05, 4.69) is 10.3 Å². The maximum Gasteiger partial charge on any atom is 0.224 e. The molecule has 2 atom stereocenters. The topological polar surface area (TPSA) is 60.5 Å². The molecule has 0 aliphatic carbocycles. The molecule has 0 unspecified atom stereocenters. The van der Waals surface area contributed by atoms with Crippen LogP contribution in [0.1, 0.15) is 25.5 Å². The van der Waals surface area contributed by atoms with E-state index in [0.717, 1.165) is 12.1 Å². The third-order valence-corrected chi connectivity index (χ3v) is 3.74. The first kappa shape index (κ1) is 15.2. The van der Waals surface area contributed by atoms with E-state index in [-0.39, 0.29) is 18.1 Å². The van der Waals surface area contributed by atoms with Gasteiger partial charge in [-0.2, -0.15) is 0 Å². The molecule has 1 aliphatic heterocycles. The maximum absolute atomic E-state index is 11.8. The molecule has 0 spiro atoms. The molecule has 6 heteroatoms. The summed E-state index contributed by atoms with van der Waals surface area (Å²) in [5.41, 5.74) is 2.72. The molecule has 1 fully saturated rings. The number of carbonyl (C=O) groups is 1. The lowest BCUT2D eigenvalue weighted by molar-refractivity contribution is -0.125. The summed E-state index contributed by atoms with van der Waals surface area (Å²) < 4.78 is 11.3. The maximum atomic E-state index is 11.8. The van der Waals surface area contributed by atoms with Crippen molar-refractivity contribution in [1.29, 1.82) is 0 Å². The smallest absolute Gasteiger partial charge is 0.224 e. The first-order valence-electron chi connectivity index (χ1n) is 6.76. The van der Waals surface area contributed by atoms with Crippen LogP contribution in [0.4, 0.5) is 0 Å². The van der Waals surface area contributed by atoms with E-state index in [0.29, 0.717) is 26.2 Å². The fourth-order valence-corrected chi connectivity index (χ4v) is 2.59. The van der Waals surface area contributed by atoms with Crippen LogP contribution in [-0.2, 0) is 20.9 Å². The number of hydrogen-bond acceptors (Lipinski definition) is 5. The van der Waals surface area contributed by atoms with E-state index in [4.69, 9.17) is 9.47 Å². The minimum absolute atomic E-state index is 0.000795. The van der Waals surface area contributed by atoms with Gasteiger partial charge >= 0.3 is 0 Å². The highest BCUT2D eigenvalue weighted by Gasteiger charge is 2.27. The number of allylic oxidation sites excluding steroid dienone is 1. The van der Waals surface area contributed by atoms with Gasteiger partial charge in [-0.25, -0.2) is 4.98 Å². The van der Waals surface area contributed by atoms with Crippen LogP contribution < -0.4 is 5.32 Å². The van der Waals surface area contributed by atoms with Gasteiger partial charge in [0, 0.05) is 18.4 Å². The van der Waals surface area contributed by atoms with E-state index >= 15 is 0 Å². The second kappa shape index (κ2) is 8.14. The van der Waals surface area contributed by atoms with Gasteiger partial charge in [-0.3, -0.25) is 4.79 Å². The molecule has 0 radical (unpaired) electrons. The Bertz CT molecular complexity index is 434. The normalized spacial score (nSPS) is 23.1. The van der Waals surface area contributed by atoms with Crippen LogP contribution in [-0.4, -0.2) is 36.3 Å². The summed E-state index contributed by atoms with van der Waals surface area (Å²) in [5, 5.41) is 4.95. The Morgan fingerprint density at radius 2 is 2.60 bits per heavy atom. The lowest BCUT2D eigenvalue weighted by Gasteiger charge is -2.31. The number of carbonyl (C=O) groups excluding carboxylic acids is 1. The fraction of sp³-hybridized carbons (Fsp3) is 0.571. The minimum atomic E-state index is -0.0832. The van der Waals surface area contributed by atoms with Crippen LogP contribution >= 0.6 is 11.3 Å². The predicted molar refractivity (Wildman–Crippen MR) is 77.5 cm³/mol. The van der Waals surface area contributed by atoms with Crippen molar-refractivity contribution in [3.8, 4) is 0 Å².